The summed E-state index contributed by atoms with van der Waals surface area (Å²) in [7, 11) is 1.40. The molecular weight excluding hydrogens is 465 g/mol. The van der Waals surface area contributed by atoms with Crippen molar-refractivity contribution < 1.29 is 32.5 Å². The number of ether oxygens (including phenoxy) is 2. The third-order valence-electron chi connectivity index (χ3n) is 5.05. The van der Waals surface area contributed by atoms with Crippen molar-refractivity contribution in [2.75, 3.05) is 7.11 Å². The molecule has 4 rings (SSSR count). The Labute approximate surface area is 190 Å². The first-order chi connectivity index (χ1) is 15.7. The van der Waals surface area contributed by atoms with E-state index in [9.17, 15) is 23.1 Å². The molecule has 1 aliphatic rings. The molecule has 170 valence electrons. The molecule has 8 nitrogen and oxygen atoms in total. The van der Waals surface area contributed by atoms with Gasteiger partial charge in [0.1, 0.15) is 18.0 Å². The van der Waals surface area contributed by atoms with E-state index in [-0.39, 0.29) is 33.5 Å². The van der Waals surface area contributed by atoms with Crippen LogP contribution in [0.25, 0.3) is 10.5 Å². The Morgan fingerprint density at radius 2 is 2.06 bits per heavy atom. The van der Waals surface area contributed by atoms with Crippen molar-refractivity contribution >= 4 is 23.3 Å². The van der Waals surface area contributed by atoms with Crippen LogP contribution in [0.4, 0.5) is 18.9 Å². The van der Waals surface area contributed by atoms with Gasteiger partial charge < -0.3 is 14.6 Å². The number of rotatable bonds is 4. The van der Waals surface area contributed by atoms with E-state index in [1.165, 1.54) is 25.3 Å². The van der Waals surface area contributed by atoms with E-state index in [1.54, 1.807) is 18.2 Å². The number of carboxylic acids is 1. The highest BCUT2D eigenvalue weighted by Gasteiger charge is 2.43. The molecule has 2 aromatic carbocycles. The van der Waals surface area contributed by atoms with Crippen molar-refractivity contribution in [1.29, 1.82) is 0 Å². The second kappa shape index (κ2) is 8.38. The van der Waals surface area contributed by atoms with Crippen LogP contribution in [0.2, 0.25) is 5.02 Å². The number of hydrogen-bond donors (Lipinski definition) is 1. The first-order valence-corrected chi connectivity index (χ1v) is 9.77. The summed E-state index contributed by atoms with van der Waals surface area (Å²) >= 11 is 6.48. The summed E-state index contributed by atoms with van der Waals surface area (Å²) in [6.07, 6.45) is -8.10. The Hall–Kier alpha value is -3.62. The van der Waals surface area contributed by atoms with Crippen LogP contribution in [-0.4, -0.2) is 33.0 Å². The molecule has 0 amide bonds. The van der Waals surface area contributed by atoms with E-state index >= 15 is 0 Å². The zero-order valence-electron chi connectivity index (χ0n) is 16.8. The lowest BCUT2D eigenvalue weighted by Gasteiger charge is -2.23. The molecule has 0 fully saturated rings. The standard InChI is InChI=1S/C21H14ClF3N4O4/c1-26-10-6-7-13-12(8-10)18(11-4-3-5-14(32-2)17(11)22)33-15(9-16(30)31)19-27-28-20(29(13)19)21(23,24)25/h3-8,15,18H,9H2,2H3,(H,30,31)/t15-,18-/m0/s1. The molecule has 0 spiro atoms. The summed E-state index contributed by atoms with van der Waals surface area (Å²) in [5, 5.41) is 16.4. The Kier molecular flexibility index (Phi) is 5.73. The van der Waals surface area contributed by atoms with Crippen molar-refractivity contribution in [3.8, 4) is 11.4 Å². The van der Waals surface area contributed by atoms with E-state index in [2.05, 4.69) is 15.0 Å². The number of halogens is 4. The summed E-state index contributed by atoms with van der Waals surface area (Å²) in [5.74, 6) is -2.70. The van der Waals surface area contributed by atoms with Crippen molar-refractivity contribution in [3.63, 3.8) is 0 Å². The second-order valence-corrected chi connectivity index (χ2v) is 7.41. The van der Waals surface area contributed by atoms with Crippen molar-refractivity contribution in [2.24, 2.45) is 0 Å². The quantitative estimate of drug-likeness (QED) is 0.522. The summed E-state index contributed by atoms with van der Waals surface area (Å²) in [6, 6.07) is 8.81. The lowest BCUT2D eigenvalue weighted by molar-refractivity contribution is -0.146. The molecule has 0 radical (unpaired) electrons. The van der Waals surface area contributed by atoms with Crippen LogP contribution in [0.3, 0.4) is 0 Å². The van der Waals surface area contributed by atoms with Crippen LogP contribution in [0.1, 0.15) is 41.4 Å². The van der Waals surface area contributed by atoms with Crippen molar-refractivity contribution in [3.05, 3.63) is 75.6 Å². The summed E-state index contributed by atoms with van der Waals surface area (Å²) < 4.78 is 53.4. The van der Waals surface area contributed by atoms with Crippen LogP contribution in [0, 0.1) is 6.57 Å². The number of benzene rings is 2. The number of hydrogen-bond acceptors (Lipinski definition) is 5. The zero-order valence-corrected chi connectivity index (χ0v) is 17.6. The van der Waals surface area contributed by atoms with Gasteiger partial charge in [0.15, 0.2) is 11.5 Å². The van der Waals surface area contributed by atoms with Gasteiger partial charge in [0.05, 0.1) is 30.8 Å². The summed E-state index contributed by atoms with van der Waals surface area (Å²) in [5.41, 5.74) is 0.618. The third-order valence-corrected chi connectivity index (χ3v) is 5.45. The Morgan fingerprint density at radius 3 is 2.70 bits per heavy atom. The van der Waals surface area contributed by atoms with E-state index in [1.807, 2.05) is 0 Å². The SMILES string of the molecule is [C-]#[N+]c1ccc2c(c1)[C@H](c1cccc(OC)c1Cl)O[C@@H](CC(=O)O)c1nnc(C(F)(F)F)n1-2. The first kappa shape index (κ1) is 22.6. The molecular formula is C21H14ClF3N4O4. The van der Waals surface area contributed by atoms with Gasteiger partial charge in [0, 0.05) is 5.56 Å². The maximum Gasteiger partial charge on any atom is 0.452 e. The lowest BCUT2D eigenvalue weighted by atomic mass is 9.98. The number of methoxy groups -OCH3 is 1. The molecule has 1 aliphatic heterocycles. The number of carbonyl (C=O) groups is 1. The molecule has 2 atom stereocenters. The minimum absolute atomic E-state index is 0.00787. The molecule has 3 aromatic rings. The monoisotopic (exact) mass is 478 g/mol. The number of alkyl halides is 3. The van der Waals surface area contributed by atoms with Gasteiger partial charge in [-0.3, -0.25) is 9.36 Å². The maximum atomic E-state index is 13.8. The average molecular weight is 479 g/mol. The van der Waals surface area contributed by atoms with E-state index in [0.29, 0.717) is 5.56 Å². The third kappa shape index (κ3) is 3.99. The summed E-state index contributed by atoms with van der Waals surface area (Å²) in [4.78, 5) is 14.9. The van der Waals surface area contributed by atoms with Gasteiger partial charge in [-0.2, -0.15) is 13.2 Å². The highest BCUT2D eigenvalue weighted by atomic mass is 35.5. The maximum absolute atomic E-state index is 13.8. The Bertz CT molecular complexity index is 1290. The Balaban J connectivity index is 2.05. The molecule has 2 heterocycles. The number of nitrogens with zero attached hydrogens (tertiary/aromatic N) is 4. The minimum Gasteiger partial charge on any atom is -0.495 e. The van der Waals surface area contributed by atoms with Gasteiger partial charge >= 0.3 is 12.1 Å². The summed E-state index contributed by atoms with van der Waals surface area (Å²) in [6.45, 7) is 7.33. The topological polar surface area (TPSA) is 90.8 Å². The fraction of sp³-hybridized carbons (Fsp3) is 0.238. The van der Waals surface area contributed by atoms with E-state index in [0.717, 1.165) is 4.57 Å². The zero-order chi connectivity index (χ0) is 23.9. The van der Waals surface area contributed by atoms with Crippen molar-refractivity contribution in [1.82, 2.24) is 14.8 Å². The minimum atomic E-state index is -4.89. The number of aromatic nitrogens is 3. The molecule has 0 aliphatic carbocycles. The normalized spacial score (nSPS) is 17.5. The van der Waals surface area contributed by atoms with Gasteiger partial charge in [0.2, 0.25) is 5.82 Å². The molecule has 1 N–H and O–H groups in total. The largest absolute Gasteiger partial charge is 0.495 e. The molecule has 0 saturated carbocycles. The fourth-order valence-corrected chi connectivity index (χ4v) is 3.98. The predicted octanol–water partition coefficient (Wildman–Crippen LogP) is 5.13. The second-order valence-electron chi connectivity index (χ2n) is 7.04. The molecule has 33 heavy (non-hydrogen) atoms. The number of carboxylic acid groups (broad SMARTS) is 1. The van der Waals surface area contributed by atoms with Crippen LogP contribution in [0.15, 0.2) is 36.4 Å². The van der Waals surface area contributed by atoms with E-state index < -0.39 is 36.6 Å². The van der Waals surface area contributed by atoms with Crippen LogP contribution in [-0.2, 0) is 15.7 Å². The van der Waals surface area contributed by atoms with Crippen LogP contribution >= 0.6 is 11.6 Å². The highest BCUT2D eigenvalue weighted by Crippen LogP contribution is 2.46. The predicted molar refractivity (Wildman–Crippen MR) is 109 cm³/mol. The van der Waals surface area contributed by atoms with Gasteiger partial charge in [-0.25, -0.2) is 4.85 Å². The smallest absolute Gasteiger partial charge is 0.452 e. The molecule has 0 bridgehead atoms. The lowest BCUT2D eigenvalue weighted by Crippen LogP contribution is -2.17. The highest BCUT2D eigenvalue weighted by molar-refractivity contribution is 6.32. The number of fused-ring (bicyclic) bond motifs is 3. The van der Waals surface area contributed by atoms with Crippen LogP contribution in [0.5, 0.6) is 5.75 Å². The van der Waals surface area contributed by atoms with Gasteiger partial charge in [0.25, 0.3) is 0 Å². The van der Waals surface area contributed by atoms with Gasteiger partial charge in [-0.1, -0.05) is 29.8 Å². The Morgan fingerprint density at radius 1 is 1.30 bits per heavy atom. The van der Waals surface area contributed by atoms with E-state index in [4.69, 9.17) is 27.6 Å². The van der Waals surface area contributed by atoms with Crippen molar-refractivity contribution in [2.45, 2.75) is 24.8 Å². The van der Waals surface area contributed by atoms with Gasteiger partial charge in [-0.15, -0.1) is 10.2 Å². The average Bonchev–Trinajstić information content (AvgIpc) is 3.17. The molecule has 1 aromatic heterocycles. The molecule has 0 saturated heterocycles. The first-order valence-electron chi connectivity index (χ1n) is 9.39. The van der Waals surface area contributed by atoms with Gasteiger partial charge in [-0.05, 0) is 23.8 Å². The van der Waals surface area contributed by atoms with Crippen LogP contribution < -0.4 is 4.74 Å². The fourth-order valence-electron chi connectivity index (χ4n) is 3.68. The molecule has 0 unspecified atom stereocenters. The molecule has 12 heteroatoms. The number of aliphatic carboxylic acids is 1.